The first-order valence-corrected chi connectivity index (χ1v) is 8.24. The molecule has 1 saturated heterocycles. The zero-order chi connectivity index (χ0) is 17.4. The maximum atomic E-state index is 13.2. The second-order valence-corrected chi connectivity index (χ2v) is 6.28. The van der Waals surface area contributed by atoms with Gasteiger partial charge in [-0.1, -0.05) is 0 Å². The van der Waals surface area contributed by atoms with Gasteiger partial charge in [0.05, 0.1) is 5.39 Å². The minimum absolute atomic E-state index is 0.0964. The first kappa shape index (κ1) is 15.8. The molecule has 6 heteroatoms. The lowest BCUT2D eigenvalue weighted by Gasteiger charge is -2.32. The largest absolute Gasteiger partial charge is 0.438 e. The highest BCUT2D eigenvalue weighted by atomic mass is 19.1. The maximum absolute atomic E-state index is 13.2. The van der Waals surface area contributed by atoms with Gasteiger partial charge in [-0.05, 0) is 37.4 Å². The van der Waals surface area contributed by atoms with Gasteiger partial charge in [-0.15, -0.1) is 0 Å². The zero-order valence-corrected chi connectivity index (χ0v) is 13.9. The highest BCUT2D eigenvalue weighted by Crippen LogP contribution is 2.28. The molecule has 1 fully saturated rings. The van der Waals surface area contributed by atoms with Crippen molar-refractivity contribution in [1.29, 1.82) is 0 Å². The summed E-state index contributed by atoms with van der Waals surface area (Å²) in [5.41, 5.74) is 1.60. The second-order valence-electron chi connectivity index (χ2n) is 6.28. The molecule has 3 aromatic rings. The maximum Gasteiger partial charge on any atom is 0.200 e. The Labute approximate surface area is 144 Å². The van der Waals surface area contributed by atoms with E-state index in [-0.39, 0.29) is 11.2 Å². The number of hydrogen-bond acceptors (Lipinski definition) is 5. The summed E-state index contributed by atoms with van der Waals surface area (Å²) in [6.07, 6.45) is 1.58. The van der Waals surface area contributed by atoms with Crippen molar-refractivity contribution in [2.24, 2.45) is 0 Å². The number of fused-ring (bicyclic) bond motifs is 1. The molecule has 0 aliphatic carbocycles. The SMILES string of the molecule is CN1CCN(c2cc(=O)c3ccnc(-c4ccc(F)cc4)c3o2)CC1. The van der Waals surface area contributed by atoms with Crippen molar-refractivity contribution in [3.05, 3.63) is 58.6 Å². The van der Waals surface area contributed by atoms with Crippen LogP contribution in [0.1, 0.15) is 0 Å². The van der Waals surface area contributed by atoms with Crippen molar-refractivity contribution in [3.8, 4) is 11.3 Å². The number of aromatic nitrogens is 1. The standard InChI is InChI=1S/C19H18FN3O2/c1-22-8-10-23(11-9-22)17-12-16(24)15-6-7-21-18(19(15)25-17)13-2-4-14(20)5-3-13/h2-7,12H,8-11H2,1H3. The molecule has 0 atom stereocenters. The summed E-state index contributed by atoms with van der Waals surface area (Å²) in [7, 11) is 2.07. The highest BCUT2D eigenvalue weighted by Gasteiger charge is 2.19. The summed E-state index contributed by atoms with van der Waals surface area (Å²) in [6.45, 7) is 3.44. The molecule has 4 rings (SSSR count). The average molecular weight is 339 g/mol. The number of halogens is 1. The third-order valence-corrected chi connectivity index (χ3v) is 4.56. The van der Waals surface area contributed by atoms with Crippen LogP contribution >= 0.6 is 0 Å². The quantitative estimate of drug-likeness (QED) is 0.718. The molecule has 128 valence electrons. The first-order chi connectivity index (χ1) is 12.1. The summed E-state index contributed by atoms with van der Waals surface area (Å²) < 4.78 is 19.3. The lowest BCUT2D eigenvalue weighted by molar-refractivity contribution is 0.306. The van der Waals surface area contributed by atoms with E-state index >= 15 is 0 Å². The molecule has 0 amide bonds. The third kappa shape index (κ3) is 3.00. The van der Waals surface area contributed by atoms with E-state index < -0.39 is 0 Å². The van der Waals surface area contributed by atoms with E-state index in [4.69, 9.17) is 4.42 Å². The summed E-state index contributed by atoms with van der Waals surface area (Å²) in [5, 5.41) is 0.479. The van der Waals surface area contributed by atoms with Crippen molar-refractivity contribution < 1.29 is 8.81 Å². The number of nitrogens with zero attached hydrogens (tertiary/aromatic N) is 3. The van der Waals surface area contributed by atoms with Crippen LogP contribution < -0.4 is 10.3 Å². The predicted molar refractivity (Wildman–Crippen MR) is 95.4 cm³/mol. The fraction of sp³-hybridized carbons (Fsp3) is 0.263. The van der Waals surface area contributed by atoms with E-state index in [0.717, 1.165) is 26.2 Å². The van der Waals surface area contributed by atoms with Crippen molar-refractivity contribution in [2.45, 2.75) is 0 Å². The Morgan fingerprint density at radius 2 is 1.80 bits per heavy atom. The van der Waals surface area contributed by atoms with Gasteiger partial charge in [0.25, 0.3) is 0 Å². The molecular formula is C19H18FN3O2. The van der Waals surface area contributed by atoms with Gasteiger partial charge in [0.2, 0.25) is 0 Å². The molecule has 1 aliphatic rings. The van der Waals surface area contributed by atoms with Gasteiger partial charge in [-0.2, -0.15) is 0 Å². The lowest BCUT2D eigenvalue weighted by Crippen LogP contribution is -2.44. The molecule has 0 radical (unpaired) electrons. The molecule has 3 heterocycles. The van der Waals surface area contributed by atoms with E-state index in [1.807, 2.05) is 0 Å². The third-order valence-electron chi connectivity index (χ3n) is 4.56. The van der Waals surface area contributed by atoms with Crippen LogP contribution in [-0.2, 0) is 0 Å². The van der Waals surface area contributed by atoms with E-state index in [9.17, 15) is 9.18 Å². The molecule has 25 heavy (non-hydrogen) atoms. The van der Waals surface area contributed by atoms with Gasteiger partial charge in [-0.3, -0.25) is 9.78 Å². The van der Waals surface area contributed by atoms with E-state index in [2.05, 4.69) is 21.8 Å². The van der Waals surface area contributed by atoms with Crippen LogP contribution in [0.15, 0.2) is 51.8 Å². The Bertz CT molecular complexity index is 961. The van der Waals surface area contributed by atoms with E-state index in [1.165, 1.54) is 12.1 Å². The highest BCUT2D eigenvalue weighted by molar-refractivity contribution is 5.90. The number of rotatable bonds is 2. The Balaban J connectivity index is 1.84. The van der Waals surface area contributed by atoms with Crippen LogP contribution in [0, 0.1) is 5.82 Å². The van der Waals surface area contributed by atoms with Gasteiger partial charge in [0.15, 0.2) is 16.9 Å². The smallest absolute Gasteiger partial charge is 0.200 e. The average Bonchev–Trinajstić information content (AvgIpc) is 2.63. The number of hydrogen-bond donors (Lipinski definition) is 0. The normalized spacial score (nSPS) is 15.7. The Morgan fingerprint density at radius 1 is 1.08 bits per heavy atom. The molecule has 0 N–H and O–H groups in total. The van der Waals surface area contributed by atoms with Crippen molar-refractivity contribution in [1.82, 2.24) is 9.88 Å². The monoisotopic (exact) mass is 339 g/mol. The predicted octanol–water partition coefficient (Wildman–Crippen LogP) is 2.75. The topological polar surface area (TPSA) is 49.6 Å². The van der Waals surface area contributed by atoms with Crippen molar-refractivity contribution in [2.75, 3.05) is 38.1 Å². The van der Waals surface area contributed by atoms with E-state index in [0.29, 0.717) is 28.1 Å². The first-order valence-electron chi connectivity index (χ1n) is 8.24. The van der Waals surface area contributed by atoms with E-state index in [1.54, 1.807) is 30.5 Å². The molecule has 1 aliphatic heterocycles. The summed E-state index contributed by atoms with van der Waals surface area (Å²) in [4.78, 5) is 21.2. The second kappa shape index (κ2) is 6.29. The van der Waals surface area contributed by atoms with Crippen LogP contribution in [0.4, 0.5) is 10.3 Å². The van der Waals surface area contributed by atoms with Gasteiger partial charge >= 0.3 is 0 Å². The van der Waals surface area contributed by atoms with Crippen LogP contribution in [-0.4, -0.2) is 43.1 Å². The number of piperazine rings is 1. The Morgan fingerprint density at radius 3 is 2.52 bits per heavy atom. The number of benzene rings is 1. The van der Waals surface area contributed by atoms with Crippen LogP contribution in [0.2, 0.25) is 0 Å². The lowest BCUT2D eigenvalue weighted by atomic mass is 10.1. The van der Waals surface area contributed by atoms with Crippen molar-refractivity contribution >= 4 is 16.9 Å². The summed E-state index contributed by atoms with van der Waals surface area (Å²) in [6, 6.07) is 9.22. The molecular weight excluding hydrogens is 321 g/mol. The Hall–Kier alpha value is -2.73. The van der Waals surface area contributed by atoms with Crippen LogP contribution in [0.3, 0.4) is 0 Å². The number of likely N-dealkylation sites (N-methyl/N-ethyl adjacent to an activating group) is 1. The fourth-order valence-corrected chi connectivity index (χ4v) is 3.07. The molecule has 2 aromatic heterocycles. The van der Waals surface area contributed by atoms with Gasteiger partial charge in [0.1, 0.15) is 11.5 Å². The van der Waals surface area contributed by atoms with Gasteiger partial charge < -0.3 is 14.2 Å². The Kier molecular flexibility index (Phi) is 3.97. The minimum Gasteiger partial charge on any atom is -0.438 e. The zero-order valence-electron chi connectivity index (χ0n) is 13.9. The molecule has 0 bridgehead atoms. The summed E-state index contributed by atoms with van der Waals surface area (Å²) >= 11 is 0. The van der Waals surface area contributed by atoms with Gasteiger partial charge in [0, 0.05) is 44.0 Å². The molecule has 0 spiro atoms. The molecule has 5 nitrogen and oxygen atoms in total. The molecule has 0 unspecified atom stereocenters. The molecule has 1 aromatic carbocycles. The molecule has 0 saturated carbocycles. The van der Waals surface area contributed by atoms with Crippen LogP contribution in [0.25, 0.3) is 22.2 Å². The summed E-state index contributed by atoms with van der Waals surface area (Å²) in [5.74, 6) is 0.241. The van der Waals surface area contributed by atoms with Gasteiger partial charge in [-0.25, -0.2) is 4.39 Å². The minimum atomic E-state index is -0.316. The fourth-order valence-electron chi connectivity index (χ4n) is 3.07. The van der Waals surface area contributed by atoms with Crippen molar-refractivity contribution in [3.63, 3.8) is 0 Å². The number of anilines is 1. The number of pyridine rings is 1. The van der Waals surface area contributed by atoms with Crippen LogP contribution in [0.5, 0.6) is 0 Å².